The summed E-state index contributed by atoms with van der Waals surface area (Å²) in [5.41, 5.74) is -3.96. The standard InChI is InChI=1S/C28H24ClF8N3O4.C28H26ClF8N3O3/c29-19-7-8-22(38-15-19)26(13-16-4-2-1-3-5-16,18-10-20(30)12-21(11-18)44-28(36,37)24(31)32)40-25(43)39-14-17(27(33,34)35)6-9-23(41)42;29-20-8-9-23(38-16-20)26(14-17-5-2-1-3-6-17,40-25(42)39-15-18(7-4-10-41)27(33,34)35)19-11-21(30)13-22(12-19)43-28(36,37)24(31)32/h1-5,7-8,10-12,15,17,24H,6,9,13-14H2,(H,41,42)(H2,39,40,43);1-3,5-6,8-9,11-13,16,18,24,41H,4,7,10,14-15H2,(H2,39,40,42)/t17?,26-;18?,26-/m00/s1. The van der Waals surface area contributed by atoms with Gasteiger partial charge in [0.1, 0.15) is 34.2 Å². The largest absolute Gasteiger partial charge is 0.481 e. The van der Waals surface area contributed by atoms with Gasteiger partial charge in [-0.25, -0.2) is 18.4 Å². The van der Waals surface area contributed by atoms with Gasteiger partial charge in [0, 0.05) is 63.5 Å². The number of aromatic nitrogens is 2. The van der Waals surface area contributed by atoms with Gasteiger partial charge in [0.15, 0.2) is 0 Å². The minimum absolute atomic E-state index is 0.0549. The SMILES string of the molecule is O=C(NCC(CCCO)C(F)(F)F)N[C@@](Cc1ccccc1)(c1cc(F)cc(OC(F)(F)C(F)F)c1)c1ccc(Cl)cn1.O=C(O)CCC(CNC(=O)N[C@@](Cc1ccccc1)(c1cc(F)cc(OC(F)(F)C(F)F)c1)c1ccc(Cl)cn1)C(F)(F)F. The number of amides is 4. The van der Waals surface area contributed by atoms with Crippen LogP contribution in [0.15, 0.2) is 134 Å². The van der Waals surface area contributed by atoms with Crippen LogP contribution < -0.4 is 30.7 Å². The van der Waals surface area contributed by atoms with Crippen LogP contribution in [-0.2, 0) is 28.7 Å². The first kappa shape index (κ1) is 70.0. The number of carboxylic acid groups (broad SMARTS) is 1. The summed E-state index contributed by atoms with van der Waals surface area (Å²) in [7, 11) is 0. The van der Waals surface area contributed by atoms with E-state index in [-0.39, 0.29) is 51.8 Å². The summed E-state index contributed by atoms with van der Waals surface area (Å²) in [6, 6.07) is 22.8. The van der Waals surface area contributed by atoms with E-state index in [1.807, 2.05) is 5.32 Å². The molecule has 4 aromatic carbocycles. The minimum atomic E-state index is -5.03. The van der Waals surface area contributed by atoms with E-state index in [0.29, 0.717) is 23.3 Å². The van der Waals surface area contributed by atoms with Crippen molar-refractivity contribution in [2.45, 2.75) is 87.0 Å². The van der Waals surface area contributed by atoms with Crippen LogP contribution in [0.5, 0.6) is 11.5 Å². The molecule has 0 saturated carbocycles. The van der Waals surface area contributed by atoms with Crippen LogP contribution in [0.1, 0.15) is 59.3 Å². The zero-order valence-corrected chi connectivity index (χ0v) is 46.0. The van der Waals surface area contributed by atoms with Crippen LogP contribution in [0.25, 0.3) is 0 Å². The lowest BCUT2D eigenvalue weighted by Gasteiger charge is -2.36. The van der Waals surface area contributed by atoms with E-state index >= 15 is 0 Å². The molecule has 0 spiro atoms. The summed E-state index contributed by atoms with van der Waals surface area (Å²) in [6.45, 7) is -2.46. The third-order valence-corrected chi connectivity index (χ3v) is 13.2. The number of urea groups is 2. The molecule has 2 heterocycles. The number of nitrogens with one attached hydrogen (secondary N) is 4. The highest BCUT2D eigenvalue weighted by Gasteiger charge is 2.48. The van der Waals surface area contributed by atoms with Gasteiger partial charge in [0.2, 0.25) is 0 Å². The van der Waals surface area contributed by atoms with Crippen LogP contribution in [0.2, 0.25) is 10.0 Å². The Kier molecular flexibility index (Phi) is 24.3. The predicted octanol–water partition coefficient (Wildman–Crippen LogP) is 13.8. The maximum atomic E-state index is 14.9. The summed E-state index contributed by atoms with van der Waals surface area (Å²) in [4.78, 5) is 45.6. The number of aliphatic hydroxyl groups excluding tert-OH is 1. The van der Waals surface area contributed by atoms with Gasteiger partial charge in [-0.15, -0.1) is 0 Å². The summed E-state index contributed by atoms with van der Waals surface area (Å²) in [5.74, 6) is -10.3. The molecule has 2 unspecified atom stereocenters. The molecule has 0 fully saturated rings. The van der Waals surface area contributed by atoms with Gasteiger partial charge in [-0.05, 0) is 90.0 Å². The molecular weight excluding hydrogens is 1240 g/mol. The highest BCUT2D eigenvalue weighted by molar-refractivity contribution is 6.30. The van der Waals surface area contributed by atoms with Crippen molar-refractivity contribution in [1.29, 1.82) is 0 Å². The van der Waals surface area contributed by atoms with E-state index in [2.05, 4.69) is 35.4 Å². The topological polar surface area (TPSA) is 184 Å². The summed E-state index contributed by atoms with van der Waals surface area (Å²) >= 11 is 11.9. The first-order chi connectivity index (χ1) is 40.7. The number of benzene rings is 4. The number of nitrogens with zero attached hydrogens (tertiary/aromatic N) is 2. The second-order valence-corrected chi connectivity index (χ2v) is 20.0. The molecule has 0 aliphatic heterocycles. The van der Waals surface area contributed by atoms with Gasteiger partial charge in [0.05, 0.1) is 33.3 Å². The Hall–Kier alpha value is -7.79. The van der Waals surface area contributed by atoms with E-state index in [1.54, 1.807) is 60.7 Å². The second kappa shape index (κ2) is 30.2. The molecule has 0 bridgehead atoms. The summed E-state index contributed by atoms with van der Waals surface area (Å²) in [6.07, 6.45) is -28.8. The maximum Gasteiger partial charge on any atom is 0.461 e. The van der Waals surface area contributed by atoms with Gasteiger partial charge in [0.25, 0.3) is 0 Å². The Labute approximate surface area is 494 Å². The van der Waals surface area contributed by atoms with Crippen molar-refractivity contribution in [3.63, 3.8) is 0 Å². The van der Waals surface area contributed by atoms with Crippen molar-refractivity contribution in [3.8, 4) is 11.5 Å². The van der Waals surface area contributed by atoms with E-state index in [9.17, 15) is 84.6 Å². The fourth-order valence-corrected chi connectivity index (χ4v) is 8.77. The van der Waals surface area contributed by atoms with Gasteiger partial charge in [-0.3, -0.25) is 14.8 Å². The monoisotopic (exact) mass is 1290 g/mol. The van der Waals surface area contributed by atoms with Crippen LogP contribution in [0.4, 0.5) is 79.8 Å². The first-order valence-corrected chi connectivity index (χ1v) is 26.2. The number of rotatable bonds is 26. The van der Waals surface area contributed by atoms with Crippen molar-refractivity contribution in [2.75, 3.05) is 19.7 Å². The third kappa shape index (κ3) is 20.4. The van der Waals surface area contributed by atoms with E-state index in [4.69, 9.17) is 33.4 Å². The molecule has 31 heteroatoms. The zero-order valence-electron chi connectivity index (χ0n) is 44.5. The Morgan fingerprint density at radius 3 is 1.24 bits per heavy atom. The smallest absolute Gasteiger partial charge is 0.461 e. The molecule has 87 heavy (non-hydrogen) atoms. The van der Waals surface area contributed by atoms with Crippen molar-refractivity contribution < 1.29 is 104 Å². The number of pyridine rings is 2. The minimum Gasteiger partial charge on any atom is -0.481 e. The van der Waals surface area contributed by atoms with Crippen molar-refractivity contribution >= 4 is 41.2 Å². The van der Waals surface area contributed by atoms with Crippen molar-refractivity contribution in [2.24, 2.45) is 11.8 Å². The van der Waals surface area contributed by atoms with Crippen LogP contribution in [0, 0.1) is 23.5 Å². The number of alkyl halides is 14. The molecule has 472 valence electrons. The van der Waals surface area contributed by atoms with Crippen LogP contribution in [0.3, 0.4) is 0 Å². The molecule has 2 aromatic heterocycles. The number of carbonyl (C=O) groups excluding carboxylic acids is 2. The molecule has 6 N–H and O–H groups in total. The third-order valence-electron chi connectivity index (χ3n) is 12.7. The zero-order chi connectivity index (χ0) is 64.5. The molecule has 4 amide bonds. The molecule has 0 aliphatic carbocycles. The highest BCUT2D eigenvalue weighted by atomic mass is 35.5. The molecule has 0 saturated heterocycles. The molecule has 0 radical (unpaired) electrons. The molecule has 13 nitrogen and oxygen atoms in total. The number of carboxylic acids is 1. The van der Waals surface area contributed by atoms with E-state index in [1.165, 1.54) is 24.3 Å². The molecule has 6 rings (SSSR count). The highest BCUT2D eigenvalue weighted by Crippen LogP contribution is 2.40. The molecule has 4 atom stereocenters. The van der Waals surface area contributed by atoms with Crippen LogP contribution >= 0.6 is 23.2 Å². The molecular formula is C56H50Cl2F16N6O7. The van der Waals surface area contributed by atoms with E-state index < -0.39 is 140 Å². The Bertz CT molecular complexity index is 3200. The van der Waals surface area contributed by atoms with Crippen LogP contribution in [-0.4, -0.2) is 95.3 Å². The predicted molar refractivity (Wildman–Crippen MR) is 282 cm³/mol. The maximum absolute atomic E-state index is 14.9. The fourth-order valence-electron chi connectivity index (χ4n) is 8.55. The Morgan fingerprint density at radius 1 is 0.540 bits per heavy atom. The van der Waals surface area contributed by atoms with Gasteiger partial charge in [-0.2, -0.15) is 61.5 Å². The number of halogens is 18. The van der Waals surface area contributed by atoms with Gasteiger partial charge < -0.3 is 41.0 Å². The lowest BCUT2D eigenvalue weighted by atomic mass is 9.80. The number of ether oxygens (including phenoxy) is 2. The number of hydrogen-bond acceptors (Lipinski definition) is 8. The fraction of sp³-hybridized carbons (Fsp3) is 0.339. The van der Waals surface area contributed by atoms with Crippen molar-refractivity contribution in [3.05, 3.63) is 189 Å². The lowest BCUT2D eigenvalue weighted by Crippen LogP contribution is -2.53. The average Bonchev–Trinajstić information content (AvgIpc) is 0.828. The average molecular weight is 1290 g/mol. The lowest BCUT2D eigenvalue weighted by molar-refractivity contribution is -0.253. The second-order valence-electron chi connectivity index (χ2n) is 19.1. The first-order valence-electron chi connectivity index (χ1n) is 25.4. The molecule has 0 aliphatic rings. The molecule has 6 aromatic rings. The quantitative estimate of drug-likeness (QED) is 0.0288. The number of carbonyl (C=O) groups is 3. The Balaban J connectivity index is 0.000000317. The van der Waals surface area contributed by atoms with Gasteiger partial charge in [-0.1, -0.05) is 83.9 Å². The van der Waals surface area contributed by atoms with E-state index in [0.717, 1.165) is 36.7 Å². The number of hydrogen-bond donors (Lipinski definition) is 6. The normalized spacial score (nSPS) is 14.1. The summed E-state index contributed by atoms with van der Waals surface area (Å²) < 4.78 is 226. The van der Waals surface area contributed by atoms with Gasteiger partial charge >= 0.3 is 55.5 Å². The van der Waals surface area contributed by atoms with Crippen molar-refractivity contribution in [1.82, 2.24) is 31.2 Å². The summed E-state index contributed by atoms with van der Waals surface area (Å²) in [5, 5.41) is 27.1. The Morgan fingerprint density at radius 2 is 0.920 bits per heavy atom. The number of aliphatic hydroxyl groups is 1. The number of aliphatic carboxylic acids is 1.